The highest BCUT2D eigenvalue weighted by atomic mass is 32.2. The molecule has 0 bridgehead atoms. The zero-order chi connectivity index (χ0) is 21.3. The zero-order valence-electron chi connectivity index (χ0n) is 16.6. The molecule has 0 amide bonds. The molecule has 0 atom stereocenters. The van der Waals surface area contributed by atoms with Crippen molar-refractivity contribution >= 4 is 26.7 Å². The Morgan fingerprint density at radius 2 is 2.03 bits per heavy atom. The number of aromatic nitrogens is 4. The lowest BCUT2D eigenvalue weighted by atomic mass is 10.1. The molecule has 0 spiro atoms. The lowest BCUT2D eigenvalue weighted by Gasteiger charge is -2.11. The Labute approximate surface area is 173 Å². The first-order valence-electron chi connectivity index (χ1n) is 9.26. The summed E-state index contributed by atoms with van der Waals surface area (Å²) < 4.78 is 35.6. The number of nitrogens with zero attached hydrogens (tertiary/aromatic N) is 3. The van der Waals surface area contributed by atoms with Crippen molar-refractivity contribution in [2.45, 2.75) is 24.9 Å². The van der Waals surface area contributed by atoms with E-state index >= 15 is 0 Å². The third kappa shape index (κ3) is 3.74. The van der Waals surface area contributed by atoms with Gasteiger partial charge in [0.15, 0.2) is 5.82 Å². The molecular formula is C20H22N6O3S. The van der Waals surface area contributed by atoms with Crippen LogP contribution in [0.5, 0.6) is 5.75 Å². The van der Waals surface area contributed by atoms with Gasteiger partial charge in [0.25, 0.3) is 10.0 Å². The summed E-state index contributed by atoms with van der Waals surface area (Å²) >= 11 is 0. The monoisotopic (exact) mass is 426 g/mol. The van der Waals surface area contributed by atoms with Crippen LogP contribution in [0.1, 0.15) is 16.7 Å². The summed E-state index contributed by atoms with van der Waals surface area (Å²) in [4.78, 5) is 0.200. The van der Waals surface area contributed by atoms with Gasteiger partial charge in [-0.25, -0.2) is 8.42 Å². The van der Waals surface area contributed by atoms with Crippen LogP contribution >= 0.6 is 0 Å². The molecule has 2 aromatic carbocycles. The molecule has 4 N–H and O–H groups in total. The molecule has 0 radical (unpaired) electrons. The number of fused-ring (bicyclic) bond motifs is 1. The van der Waals surface area contributed by atoms with Crippen LogP contribution in [0.3, 0.4) is 0 Å². The Hall–Kier alpha value is -3.37. The van der Waals surface area contributed by atoms with Crippen molar-refractivity contribution in [2.24, 2.45) is 5.73 Å². The number of hydrogen-bond donors (Lipinski definition) is 3. The van der Waals surface area contributed by atoms with Crippen molar-refractivity contribution in [3.8, 4) is 5.75 Å². The minimum absolute atomic E-state index is 0.182. The summed E-state index contributed by atoms with van der Waals surface area (Å²) in [5.74, 6) is 0.686. The number of rotatable bonds is 7. The van der Waals surface area contributed by atoms with Crippen LogP contribution in [0.4, 0.5) is 5.82 Å². The van der Waals surface area contributed by atoms with Crippen LogP contribution in [-0.4, -0.2) is 35.5 Å². The molecule has 0 aliphatic carbocycles. The van der Waals surface area contributed by atoms with Gasteiger partial charge >= 0.3 is 0 Å². The number of aryl methyl sites for hydroxylation is 1. The van der Waals surface area contributed by atoms with Crippen molar-refractivity contribution in [3.05, 3.63) is 65.5 Å². The molecule has 0 unspecified atom stereocenters. The molecule has 4 aromatic rings. The zero-order valence-corrected chi connectivity index (χ0v) is 17.4. The van der Waals surface area contributed by atoms with Crippen LogP contribution in [0.15, 0.2) is 53.7 Å². The van der Waals surface area contributed by atoms with Gasteiger partial charge in [-0.1, -0.05) is 18.2 Å². The van der Waals surface area contributed by atoms with Gasteiger partial charge < -0.3 is 10.5 Å². The maximum absolute atomic E-state index is 12.9. The van der Waals surface area contributed by atoms with Crippen LogP contribution in [-0.2, 0) is 23.1 Å². The lowest BCUT2D eigenvalue weighted by molar-refractivity contribution is 0.419. The predicted molar refractivity (Wildman–Crippen MR) is 114 cm³/mol. The smallest absolute Gasteiger partial charge is 0.263 e. The molecule has 0 aliphatic heterocycles. The third-order valence-electron chi connectivity index (χ3n) is 4.79. The molecule has 4 rings (SSSR count). The average molecular weight is 427 g/mol. The lowest BCUT2D eigenvalue weighted by Crippen LogP contribution is -2.14. The second-order valence-corrected chi connectivity index (χ2v) is 8.56. The van der Waals surface area contributed by atoms with E-state index in [0.717, 1.165) is 11.1 Å². The van der Waals surface area contributed by atoms with Gasteiger partial charge in [-0.2, -0.15) is 10.2 Å². The number of aromatic amines is 1. The number of sulfonamides is 1. The molecule has 2 heterocycles. The Bertz CT molecular complexity index is 1310. The Morgan fingerprint density at radius 1 is 1.23 bits per heavy atom. The van der Waals surface area contributed by atoms with E-state index in [0.29, 0.717) is 35.3 Å². The Kier molecular flexibility index (Phi) is 5.18. The fourth-order valence-corrected chi connectivity index (χ4v) is 4.59. The van der Waals surface area contributed by atoms with E-state index in [9.17, 15) is 8.42 Å². The highest BCUT2D eigenvalue weighted by Gasteiger charge is 2.21. The maximum Gasteiger partial charge on any atom is 0.263 e. The summed E-state index contributed by atoms with van der Waals surface area (Å²) in [6.07, 6.45) is 3.61. The first-order chi connectivity index (χ1) is 14.4. The van der Waals surface area contributed by atoms with Crippen molar-refractivity contribution in [1.29, 1.82) is 0 Å². The van der Waals surface area contributed by atoms with E-state index in [1.165, 1.54) is 7.11 Å². The molecule has 2 aromatic heterocycles. The minimum Gasteiger partial charge on any atom is -0.496 e. The average Bonchev–Trinajstić information content (AvgIpc) is 3.34. The van der Waals surface area contributed by atoms with Gasteiger partial charge in [0.2, 0.25) is 0 Å². The van der Waals surface area contributed by atoms with Crippen molar-refractivity contribution in [3.63, 3.8) is 0 Å². The van der Waals surface area contributed by atoms with Crippen molar-refractivity contribution < 1.29 is 13.2 Å². The van der Waals surface area contributed by atoms with Gasteiger partial charge in [0, 0.05) is 18.3 Å². The van der Waals surface area contributed by atoms with Crippen LogP contribution in [0.2, 0.25) is 0 Å². The van der Waals surface area contributed by atoms with Gasteiger partial charge in [0.1, 0.15) is 5.75 Å². The summed E-state index contributed by atoms with van der Waals surface area (Å²) in [7, 11) is -2.27. The van der Waals surface area contributed by atoms with Gasteiger partial charge in [-0.05, 0) is 36.2 Å². The standard InChI is InChI=1S/C20H22N6O3S/c1-13-5-3-4-6-18(13)30(27,28)25-20-19-16(23-24-20)7-14(8-17(19)29-2)11-26-12-15(9-21)10-22-26/h3-8,10,12H,9,11,21H2,1-2H3,(H2,23,24,25). The topological polar surface area (TPSA) is 128 Å². The Balaban J connectivity index is 1.70. The minimum atomic E-state index is -3.80. The molecule has 0 saturated carbocycles. The van der Waals surface area contributed by atoms with Crippen molar-refractivity contribution in [2.75, 3.05) is 11.8 Å². The normalized spacial score (nSPS) is 11.7. The molecular weight excluding hydrogens is 404 g/mol. The van der Waals surface area contributed by atoms with Gasteiger partial charge in [-0.3, -0.25) is 14.5 Å². The van der Waals surface area contributed by atoms with E-state index in [1.807, 2.05) is 18.3 Å². The molecule has 30 heavy (non-hydrogen) atoms. The second-order valence-electron chi connectivity index (χ2n) is 6.91. The third-order valence-corrected chi connectivity index (χ3v) is 6.29. The summed E-state index contributed by atoms with van der Waals surface area (Å²) in [5.41, 5.74) is 8.80. The summed E-state index contributed by atoms with van der Waals surface area (Å²) in [6.45, 7) is 2.68. The molecule has 10 heteroatoms. The number of hydrogen-bond acceptors (Lipinski definition) is 6. The maximum atomic E-state index is 12.9. The highest BCUT2D eigenvalue weighted by Crippen LogP contribution is 2.33. The SMILES string of the molecule is COc1cc(Cn2cc(CN)cn2)cc2[nH]nc(NS(=O)(=O)c3ccccc3C)c12. The molecule has 0 aliphatic rings. The van der Waals surface area contributed by atoms with E-state index in [-0.39, 0.29) is 10.7 Å². The first-order valence-corrected chi connectivity index (χ1v) is 10.7. The molecule has 9 nitrogen and oxygen atoms in total. The first kappa shape index (κ1) is 19.9. The quantitative estimate of drug-likeness (QED) is 0.416. The fraction of sp³-hybridized carbons (Fsp3) is 0.200. The number of methoxy groups -OCH3 is 1. The summed E-state index contributed by atoms with van der Waals surface area (Å²) in [6, 6.07) is 10.5. The number of anilines is 1. The highest BCUT2D eigenvalue weighted by molar-refractivity contribution is 7.92. The molecule has 0 saturated heterocycles. The van der Waals surface area contributed by atoms with Crippen LogP contribution in [0.25, 0.3) is 10.9 Å². The van der Waals surface area contributed by atoms with Gasteiger partial charge in [0.05, 0.1) is 35.6 Å². The second kappa shape index (κ2) is 7.81. The van der Waals surface area contributed by atoms with Crippen LogP contribution < -0.4 is 15.2 Å². The molecule has 156 valence electrons. The number of nitrogens with one attached hydrogen (secondary N) is 2. The predicted octanol–water partition coefficient (Wildman–Crippen LogP) is 2.38. The number of H-pyrrole nitrogens is 1. The molecule has 0 fully saturated rings. The number of ether oxygens (including phenoxy) is 1. The fourth-order valence-electron chi connectivity index (χ4n) is 3.33. The Morgan fingerprint density at radius 3 is 2.73 bits per heavy atom. The number of benzene rings is 2. The van der Waals surface area contributed by atoms with E-state index in [4.69, 9.17) is 10.5 Å². The van der Waals surface area contributed by atoms with E-state index < -0.39 is 10.0 Å². The van der Waals surface area contributed by atoms with Gasteiger partial charge in [-0.15, -0.1) is 0 Å². The number of nitrogens with two attached hydrogens (primary N) is 1. The largest absolute Gasteiger partial charge is 0.496 e. The van der Waals surface area contributed by atoms with E-state index in [2.05, 4.69) is 20.0 Å². The summed E-state index contributed by atoms with van der Waals surface area (Å²) in [5, 5.41) is 11.9. The van der Waals surface area contributed by atoms with Crippen molar-refractivity contribution in [1.82, 2.24) is 20.0 Å². The van der Waals surface area contributed by atoms with E-state index in [1.54, 1.807) is 42.1 Å². The van der Waals surface area contributed by atoms with Crippen LogP contribution in [0, 0.1) is 6.92 Å².